The molecule has 0 aliphatic heterocycles. The molecule has 1 aromatic carbocycles. The summed E-state index contributed by atoms with van der Waals surface area (Å²) in [5, 5.41) is 4.11. The minimum Gasteiger partial charge on any atom is -0.333 e. The van der Waals surface area contributed by atoms with Gasteiger partial charge in [0.2, 0.25) is 0 Å². The van der Waals surface area contributed by atoms with E-state index in [9.17, 15) is 0 Å². The van der Waals surface area contributed by atoms with Crippen molar-refractivity contribution in [2.24, 2.45) is 12.8 Å². The van der Waals surface area contributed by atoms with E-state index in [1.807, 2.05) is 42.3 Å². The van der Waals surface area contributed by atoms with E-state index in [2.05, 4.69) is 23.0 Å². The third-order valence-corrected chi connectivity index (χ3v) is 1.81. The van der Waals surface area contributed by atoms with E-state index in [4.69, 9.17) is 0 Å². The van der Waals surface area contributed by atoms with Crippen LogP contribution in [0.25, 0.3) is 11.1 Å². The molecule has 2 aromatic rings. The van der Waals surface area contributed by atoms with Crippen molar-refractivity contribution in [2.45, 2.75) is 0 Å². The van der Waals surface area contributed by atoms with Gasteiger partial charge in [-0.05, 0) is 12.6 Å². The molecule has 0 bridgehead atoms. The van der Waals surface area contributed by atoms with Crippen molar-refractivity contribution in [3.63, 3.8) is 0 Å². The van der Waals surface area contributed by atoms with E-state index < -0.39 is 0 Å². The Morgan fingerprint density at radius 1 is 1.07 bits per heavy atom. The van der Waals surface area contributed by atoms with Crippen molar-refractivity contribution in [3.05, 3.63) is 42.7 Å². The molecule has 0 atom stereocenters. The number of hydrogen-bond acceptors (Lipinski definition) is 2. The van der Waals surface area contributed by atoms with Crippen LogP contribution in [0.2, 0.25) is 0 Å². The average molecular weight is 189 g/mol. The maximum absolute atomic E-state index is 4.50. The fourth-order valence-electron chi connectivity index (χ4n) is 1.20. The van der Waals surface area contributed by atoms with Crippen LogP contribution in [-0.2, 0) is 7.05 Å². The van der Waals surface area contributed by atoms with Crippen LogP contribution in [0.3, 0.4) is 0 Å². The summed E-state index contributed by atoms with van der Waals surface area (Å²) in [7, 11) is 3.42. The summed E-state index contributed by atoms with van der Waals surface area (Å²) in [6.45, 7) is 0. The van der Waals surface area contributed by atoms with Crippen LogP contribution in [0, 0.1) is 0 Å². The molecule has 2 rings (SSSR count). The maximum Gasteiger partial charge on any atom is 0.0568 e. The maximum atomic E-state index is 4.50. The summed E-state index contributed by atoms with van der Waals surface area (Å²) in [6.07, 6.45) is 3.88. The molecule has 0 aliphatic carbocycles. The second-order valence-electron chi connectivity index (χ2n) is 2.77. The van der Waals surface area contributed by atoms with E-state index in [0.29, 0.717) is 0 Å². The Labute approximate surface area is 84.2 Å². The Hall–Kier alpha value is -1.61. The summed E-state index contributed by atoms with van der Waals surface area (Å²) >= 11 is 0. The van der Waals surface area contributed by atoms with Gasteiger partial charge in [0, 0.05) is 18.8 Å². The third-order valence-electron chi connectivity index (χ3n) is 1.81. The van der Waals surface area contributed by atoms with Gasteiger partial charge in [0.05, 0.1) is 6.20 Å². The van der Waals surface area contributed by atoms with Gasteiger partial charge in [-0.25, -0.2) is 0 Å². The molecule has 0 fully saturated rings. The van der Waals surface area contributed by atoms with Gasteiger partial charge in [-0.2, -0.15) is 5.10 Å². The predicted octanol–water partition coefficient (Wildman–Crippen LogP) is 1.66. The standard InChI is InChI=1S/C10H10N2.CH5N/c1-12-8-10(7-11-12)9-5-3-2-4-6-9;1-2/h2-8H,1H3;2H2,1H3. The Bertz CT molecular complexity index is 365. The number of benzene rings is 1. The normalized spacial score (nSPS) is 9.07. The molecule has 0 radical (unpaired) electrons. The Morgan fingerprint density at radius 2 is 1.71 bits per heavy atom. The lowest BCUT2D eigenvalue weighted by Gasteiger charge is -1.93. The van der Waals surface area contributed by atoms with Crippen molar-refractivity contribution in [3.8, 4) is 11.1 Å². The lowest BCUT2D eigenvalue weighted by molar-refractivity contribution is 0.768. The van der Waals surface area contributed by atoms with Crippen LogP contribution < -0.4 is 5.73 Å². The Kier molecular flexibility index (Phi) is 3.88. The van der Waals surface area contributed by atoms with Crippen LogP contribution in [0.4, 0.5) is 0 Å². The number of nitrogens with two attached hydrogens (primary N) is 1. The van der Waals surface area contributed by atoms with Gasteiger partial charge < -0.3 is 5.73 Å². The van der Waals surface area contributed by atoms with Gasteiger partial charge in [0.15, 0.2) is 0 Å². The molecule has 0 saturated heterocycles. The van der Waals surface area contributed by atoms with Crippen LogP contribution in [-0.4, -0.2) is 16.8 Å². The van der Waals surface area contributed by atoms with Gasteiger partial charge >= 0.3 is 0 Å². The van der Waals surface area contributed by atoms with Gasteiger partial charge in [-0.15, -0.1) is 0 Å². The summed E-state index contributed by atoms with van der Waals surface area (Å²) in [5.41, 5.74) is 6.88. The summed E-state index contributed by atoms with van der Waals surface area (Å²) < 4.78 is 1.81. The molecule has 2 N–H and O–H groups in total. The number of hydrogen-bond donors (Lipinski definition) is 1. The molecule has 3 nitrogen and oxygen atoms in total. The topological polar surface area (TPSA) is 43.8 Å². The molecular formula is C11H15N3. The first-order valence-corrected chi connectivity index (χ1v) is 4.48. The summed E-state index contributed by atoms with van der Waals surface area (Å²) in [5.74, 6) is 0. The van der Waals surface area contributed by atoms with Gasteiger partial charge in [0.1, 0.15) is 0 Å². The Balaban J connectivity index is 0.000000461. The van der Waals surface area contributed by atoms with Crippen molar-refractivity contribution in [1.29, 1.82) is 0 Å². The molecule has 74 valence electrons. The summed E-state index contributed by atoms with van der Waals surface area (Å²) in [4.78, 5) is 0. The zero-order valence-electron chi connectivity index (χ0n) is 8.51. The van der Waals surface area contributed by atoms with E-state index in [1.165, 1.54) is 12.6 Å². The lowest BCUT2D eigenvalue weighted by atomic mass is 10.1. The zero-order chi connectivity index (χ0) is 10.4. The quantitative estimate of drug-likeness (QED) is 0.741. The molecule has 0 unspecified atom stereocenters. The SMILES string of the molecule is CN.Cn1cc(-c2ccccc2)cn1. The third kappa shape index (κ3) is 2.44. The van der Waals surface area contributed by atoms with Crippen molar-refractivity contribution < 1.29 is 0 Å². The second kappa shape index (κ2) is 5.19. The highest BCUT2D eigenvalue weighted by atomic mass is 15.2. The van der Waals surface area contributed by atoms with Gasteiger partial charge in [-0.3, -0.25) is 4.68 Å². The smallest absolute Gasteiger partial charge is 0.0568 e. The molecular weight excluding hydrogens is 174 g/mol. The fourth-order valence-corrected chi connectivity index (χ4v) is 1.20. The van der Waals surface area contributed by atoms with Crippen molar-refractivity contribution >= 4 is 0 Å². The average Bonchev–Trinajstić information content (AvgIpc) is 2.69. The van der Waals surface area contributed by atoms with E-state index in [1.54, 1.807) is 0 Å². The van der Waals surface area contributed by atoms with Crippen LogP contribution in [0.15, 0.2) is 42.7 Å². The second-order valence-corrected chi connectivity index (χ2v) is 2.77. The molecule has 0 aliphatic rings. The highest BCUT2D eigenvalue weighted by Gasteiger charge is 1.96. The Morgan fingerprint density at radius 3 is 2.21 bits per heavy atom. The van der Waals surface area contributed by atoms with E-state index in [0.717, 1.165) is 5.56 Å². The molecule has 14 heavy (non-hydrogen) atoms. The van der Waals surface area contributed by atoms with Gasteiger partial charge in [0.25, 0.3) is 0 Å². The molecule has 1 heterocycles. The number of aryl methyl sites for hydroxylation is 1. The van der Waals surface area contributed by atoms with Crippen LogP contribution in [0.5, 0.6) is 0 Å². The minimum absolute atomic E-state index is 1.16. The molecule has 0 amide bonds. The van der Waals surface area contributed by atoms with Crippen molar-refractivity contribution in [1.82, 2.24) is 9.78 Å². The van der Waals surface area contributed by atoms with E-state index >= 15 is 0 Å². The first kappa shape index (κ1) is 10.5. The summed E-state index contributed by atoms with van der Waals surface area (Å²) in [6, 6.07) is 10.2. The highest BCUT2D eigenvalue weighted by Crippen LogP contribution is 2.16. The first-order chi connectivity index (χ1) is 6.86. The molecule has 0 saturated carbocycles. The number of nitrogens with zero attached hydrogens (tertiary/aromatic N) is 2. The van der Waals surface area contributed by atoms with Crippen LogP contribution >= 0.6 is 0 Å². The first-order valence-electron chi connectivity index (χ1n) is 4.48. The lowest BCUT2D eigenvalue weighted by Crippen LogP contribution is -1.83. The number of aromatic nitrogens is 2. The number of rotatable bonds is 1. The van der Waals surface area contributed by atoms with Crippen LogP contribution in [0.1, 0.15) is 0 Å². The largest absolute Gasteiger partial charge is 0.333 e. The zero-order valence-corrected chi connectivity index (χ0v) is 8.51. The highest BCUT2D eigenvalue weighted by molar-refractivity contribution is 5.61. The van der Waals surface area contributed by atoms with Gasteiger partial charge in [-0.1, -0.05) is 30.3 Å². The predicted molar refractivity (Wildman–Crippen MR) is 58.8 cm³/mol. The minimum atomic E-state index is 1.16. The fraction of sp³-hybridized carbons (Fsp3) is 0.182. The monoisotopic (exact) mass is 189 g/mol. The van der Waals surface area contributed by atoms with Crippen molar-refractivity contribution in [2.75, 3.05) is 7.05 Å². The molecule has 0 spiro atoms. The molecule has 1 aromatic heterocycles. The van der Waals surface area contributed by atoms with E-state index in [-0.39, 0.29) is 0 Å². The molecule has 3 heteroatoms.